The van der Waals surface area contributed by atoms with Crippen LogP contribution in [0.2, 0.25) is 0 Å². The molecule has 0 aromatic rings. The maximum atomic E-state index is 10.9. The first-order valence-electron chi connectivity index (χ1n) is 7.52. The molecule has 1 aliphatic rings. The molecule has 0 N–H and O–H groups in total. The lowest BCUT2D eigenvalue weighted by molar-refractivity contribution is -0.164. The van der Waals surface area contributed by atoms with E-state index in [4.69, 9.17) is 9.47 Å². The summed E-state index contributed by atoms with van der Waals surface area (Å²) in [6.07, 6.45) is 8.19. The fraction of sp³-hybridized carbons (Fsp3) is 0.933. The van der Waals surface area contributed by atoms with E-state index >= 15 is 0 Å². The van der Waals surface area contributed by atoms with Crippen LogP contribution in [-0.2, 0) is 19.0 Å². The van der Waals surface area contributed by atoms with Crippen molar-refractivity contribution in [1.29, 1.82) is 0 Å². The molecule has 4 nitrogen and oxygen atoms in total. The number of rotatable bonds is 9. The number of esters is 1. The molecule has 4 heteroatoms. The SMILES string of the molecule is COC(=O)CCCC[C@H](C)CCOC1CCCCO1. The van der Waals surface area contributed by atoms with Crippen molar-refractivity contribution in [3.63, 3.8) is 0 Å². The van der Waals surface area contributed by atoms with E-state index in [2.05, 4.69) is 11.7 Å². The van der Waals surface area contributed by atoms with Crippen LogP contribution in [0.5, 0.6) is 0 Å². The van der Waals surface area contributed by atoms with E-state index in [1.807, 2.05) is 0 Å². The van der Waals surface area contributed by atoms with Crippen LogP contribution in [0.4, 0.5) is 0 Å². The summed E-state index contributed by atoms with van der Waals surface area (Å²) in [5.41, 5.74) is 0. The number of hydrogen-bond acceptors (Lipinski definition) is 4. The molecule has 0 amide bonds. The van der Waals surface area contributed by atoms with Crippen LogP contribution in [0.3, 0.4) is 0 Å². The van der Waals surface area contributed by atoms with E-state index in [0.29, 0.717) is 12.3 Å². The van der Waals surface area contributed by atoms with Crippen LogP contribution in [-0.4, -0.2) is 32.6 Å². The molecule has 112 valence electrons. The highest BCUT2D eigenvalue weighted by atomic mass is 16.7. The summed E-state index contributed by atoms with van der Waals surface area (Å²) < 4.78 is 15.9. The average Bonchev–Trinajstić information content (AvgIpc) is 2.44. The lowest BCUT2D eigenvalue weighted by atomic mass is 10.0. The normalized spacial score (nSPS) is 21.1. The van der Waals surface area contributed by atoms with Gasteiger partial charge in [-0.05, 0) is 38.0 Å². The zero-order valence-electron chi connectivity index (χ0n) is 12.4. The second kappa shape index (κ2) is 10.2. The van der Waals surface area contributed by atoms with Gasteiger partial charge in [0.05, 0.1) is 7.11 Å². The molecule has 0 bridgehead atoms. The van der Waals surface area contributed by atoms with Crippen molar-refractivity contribution in [3.05, 3.63) is 0 Å². The number of hydrogen-bond donors (Lipinski definition) is 0. The van der Waals surface area contributed by atoms with Crippen molar-refractivity contribution in [3.8, 4) is 0 Å². The minimum Gasteiger partial charge on any atom is -0.469 e. The molecular weight excluding hydrogens is 244 g/mol. The van der Waals surface area contributed by atoms with Crippen LogP contribution in [0.25, 0.3) is 0 Å². The van der Waals surface area contributed by atoms with Crippen LogP contribution < -0.4 is 0 Å². The number of carbonyl (C=O) groups is 1. The second-order valence-electron chi connectivity index (χ2n) is 5.38. The third kappa shape index (κ3) is 8.22. The molecule has 1 fully saturated rings. The predicted molar refractivity (Wildman–Crippen MR) is 73.8 cm³/mol. The van der Waals surface area contributed by atoms with E-state index in [9.17, 15) is 4.79 Å². The van der Waals surface area contributed by atoms with Gasteiger partial charge in [0.2, 0.25) is 0 Å². The Kier molecular flexibility index (Phi) is 8.84. The first-order valence-corrected chi connectivity index (χ1v) is 7.52. The van der Waals surface area contributed by atoms with Gasteiger partial charge in [-0.15, -0.1) is 0 Å². The Morgan fingerprint density at radius 1 is 1.32 bits per heavy atom. The molecule has 0 saturated carbocycles. The Balaban J connectivity index is 1.92. The van der Waals surface area contributed by atoms with Gasteiger partial charge in [-0.1, -0.05) is 19.8 Å². The van der Waals surface area contributed by atoms with Gasteiger partial charge in [0.15, 0.2) is 6.29 Å². The third-order valence-electron chi connectivity index (χ3n) is 3.61. The number of unbranched alkanes of at least 4 members (excludes halogenated alkanes) is 1. The van der Waals surface area contributed by atoms with Crippen LogP contribution in [0.15, 0.2) is 0 Å². The van der Waals surface area contributed by atoms with E-state index in [0.717, 1.165) is 51.7 Å². The van der Waals surface area contributed by atoms with E-state index < -0.39 is 0 Å². The minimum absolute atomic E-state index is 0.0280. The number of ether oxygens (including phenoxy) is 3. The Hall–Kier alpha value is -0.610. The van der Waals surface area contributed by atoms with Gasteiger partial charge in [-0.2, -0.15) is 0 Å². The number of carbonyl (C=O) groups excluding carboxylic acids is 1. The Morgan fingerprint density at radius 3 is 2.84 bits per heavy atom. The van der Waals surface area contributed by atoms with Crippen molar-refractivity contribution >= 4 is 5.97 Å². The van der Waals surface area contributed by atoms with Gasteiger partial charge < -0.3 is 14.2 Å². The molecule has 0 spiro atoms. The summed E-state index contributed by atoms with van der Waals surface area (Å²) >= 11 is 0. The van der Waals surface area contributed by atoms with Gasteiger partial charge in [-0.25, -0.2) is 0 Å². The lowest BCUT2D eigenvalue weighted by Crippen LogP contribution is -2.23. The van der Waals surface area contributed by atoms with Gasteiger partial charge in [0.1, 0.15) is 0 Å². The molecule has 0 aromatic carbocycles. The van der Waals surface area contributed by atoms with Crippen molar-refractivity contribution < 1.29 is 19.0 Å². The molecule has 0 aromatic heterocycles. The molecule has 1 rings (SSSR count). The summed E-state index contributed by atoms with van der Waals surface area (Å²) in [5.74, 6) is 0.534. The summed E-state index contributed by atoms with van der Waals surface area (Å²) in [6.45, 7) is 3.86. The standard InChI is InChI=1S/C15H28O4/c1-13(7-3-4-8-14(16)17-2)10-12-19-15-9-5-6-11-18-15/h13,15H,3-12H2,1-2H3/t13-,15?/m0/s1. The minimum atomic E-state index is -0.106. The fourth-order valence-electron chi connectivity index (χ4n) is 2.25. The Morgan fingerprint density at radius 2 is 2.16 bits per heavy atom. The topological polar surface area (TPSA) is 44.8 Å². The van der Waals surface area contributed by atoms with Crippen molar-refractivity contribution in [2.75, 3.05) is 20.3 Å². The van der Waals surface area contributed by atoms with Gasteiger partial charge in [0.25, 0.3) is 0 Å². The number of methoxy groups -OCH3 is 1. The molecule has 1 aliphatic heterocycles. The fourth-order valence-corrected chi connectivity index (χ4v) is 2.25. The Bertz CT molecular complexity index is 236. The molecular formula is C15H28O4. The van der Waals surface area contributed by atoms with Gasteiger partial charge >= 0.3 is 5.97 Å². The lowest BCUT2D eigenvalue weighted by Gasteiger charge is -2.23. The summed E-state index contributed by atoms with van der Waals surface area (Å²) in [6, 6.07) is 0. The highest BCUT2D eigenvalue weighted by molar-refractivity contribution is 5.68. The van der Waals surface area contributed by atoms with E-state index in [1.54, 1.807) is 0 Å². The molecule has 1 unspecified atom stereocenters. The van der Waals surface area contributed by atoms with Crippen molar-refractivity contribution in [2.45, 2.75) is 64.6 Å². The maximum Gasteiger partial charge on any atom is 0.305 e. The quantitative estimate of drug-likeness (QED) is 0.477. The Labute approximate surface area is 116 Å². The van der Waals surface area contributed by atoms with Crippen LogP contribution >= 0.6 is 0 Å². The largest absolute Gasteiger partial charge is 0.469 e. The molecule has 1 saturated heterocycles. The predicted octanol–water partition coefficient (Wildman–Crippen LogP) is 3.29. The third-order valence-corrected chi connectivity index (χ3v) is 3.61. The van der Waals surface area contributed by atoms with Gasteiger partial charge in [-0.3, -0.25) is 4.79 Å². The summed E-state index contributed by atoms with van der Waals surface area (Å²) in [7, 11) is 1.44. The van der Waals surface area contributed by atoms with E-state index in [1.165, 1.54) is 13.5 Å². The summed E-state index contributed by atoms with van der Waals surface area (Å²) in [5, 5.41) is 0. The van der Waals surface area contributed by atoms with E-state index in [-0.39, 0.29) is 12.3 Å². The molecule has 2 atom stereocenters. The first kappa shape index (κ1) is 16.4. The van der Waals surface area contributed by atoms with Crippen LogP contribution in [0, 0.1) is 5.92 Å². The molecule has 19 heavy (non-hydrogen) atoms. The monoisotopic (exact) mass is 272 g/mol. The van der Waals surface area contributed by atoms with Gasteiger partial charge in [0, 0.05) is 19.6 Å². The second-order valence-corrected chi connectivity index (χ2v) is 5.38. The van der Waals surface area contributed by atoms with Crippen molar-refractivity contribution in [1.82, 2.24) is 0 Å². The average molecular weight is 272 g/mol. The zero-order chi connectivity index (χ0) is 13.9. The highest BCUT2D eigenvalue weighted by Crippen LogP contribution is 2.17. The highest BCUT2D eigenvalue weighted by Gasteiger charge is 2.14. The maximum absolute atomic E-state index is 10.9. The van der Waals surface area contributed by atoms with Crippen molar-refractivity contribution in [2.24, 2.45) is 5.92 Å². The van der Waals surface area contributed by atoms with Crippen LogP contribution in [0.1, 0.15) is 58.3 Å². The molecule has 0 aliphatic carbocycles. The molecule has 0 radical (unpaired) electrons. The zero-order valence-corrected chi connectivity index (χ0v) is 12.4. The smallest absolute Gasteiger partial charge is 0.305 e. The molecule has 1 heterocycles. The first-order chi connectivity index (χ1) is 9.22. The summed E-state index contributed by atoms with van der Waals surface area (Å²) in [4.78, 5) is 10.9.